The van der Waals surface area contributed by atoms with Gasteiger partial charge in [0, 0.05) is 0 Å². The predicted octanol–water partition coefficient (Wildman–Crippen LogP) is 14.8. The summed E-state index contributed by atoms with van der Waals surface area (Å²) in [5.74, 6) is 0.610. The Bertz CT molecular complexity index is 750. The van der Waals surface area contributed by atoms with Gasteiger partial charge in [-0.2, -0.15) is 0 Å². The minimum atomic E-state index is -3.39. The molecule has 48 heavy (non-hydrogen) atoms. The zero-order valence-electron chi connectivity index (χ0n) is 32.1. The number of benzene rings is 1. The molecular formula is C42H77O2PS2Zn. The molecule has 0 atom stereocenters. The number of rotatable bonds is 36. The first kappa shape index (κ1) is 48.7. The van der Waals surface area contributed by atoms with E-state index in [0.717, 1.165) is 12.8 Å². The fourth-order valence-corrected chi connectivity index (χ4v) is 7.83. The van der Waals surface area contributed by atoms with Crippen LogP contribution in [0.2, 0.25) is 0 Å². The summed E-state index contributed by atoms with van der Waals surface area (Å²) in [6.45, 7) is 4.59. The Balaban J connectivity index is 0.0000221. The molecule has 0 aromatic heterocycles. The van der Waals surface area contributed by atoms with Crippen LogP contribution < -0.4 is 9.42 Å². The molecule has 0 fully saturated rings. The molecular weight excluding hydrogens is 697 g/mol. The predicted molar refractivity (Wildman–Crippen MR) is 215 cm³/mol. The van der Waals surface area contributed by atoms with Gasteiger partial charge in [-0.3, -0.25) is 0 Å². The van der Waals surface area contributed by atoms with E-state index in [-0.39, 0.29) is 19.5 Å². The van der Waals surface area contributed by atoms with Gasteiger partial charge in [0.15, 0.2) is 5.75 Å². The molecule has 276 valence electrons. The molecule has 1 aromatic carbocycles. The summed E-state index contributed by atoms with van der Waals surface area (Å²) in [6.07, 6.45) is 43.1. The number of aryl methyl sites for hydroxylation is 2. The Morgan fingerprint density at radius 2 is 0.646 bits per heavy atom. The standard InChI is InChI=1S/C42H79O2PS2.Zn/c1-3-5-7-9-11-13-15-17-19-21-23-25-27-29-31-33-35-40-37-41(39-42(38-40)44-45(43,46)47)36-34-32-30-28-26-24-22-20-18-16-14-12-10-8-6-4-2;/h37-39H,3-36H2,1-2H3,(H2,43,46,47);/q;+2/p-2. The van der Waals surface area contributed by atoms with Gasteiger partial charge in [0.25, 0.3) is 0 Å². The van der Waals surface area contributed by atoms with E-state index in [9.17, 15) is 4.89 Å². The quantitative estimate of drug-likeness (QED) is 0.0294. The molecule has 0 radical (unpaired) electrons. The van der Waals surface area contributed by atoms with Gasteiger partial charge in [0.05, 0.1) is 0 Å². The molecule has 0 unspecified atom stereocenters. The molecule has 0 aliphatic heterocycles. The maximum absolute atomic E-state index is 12.0. The average molecular weight is 775 g/mol. The molecule has 0 saturated carbocycles. The fourth-order valence-electron chi connectivity index (χ4n) is 6.95. The number of unbranched alkanes of at least 4 members (excludes halogenated alkanes) is 30. The van der Waals surface area contributed by atoms with Gasteiger partial charge in [-0.15, -0.1) is 6.12 Å². The Morgan fingerprint density at radius 1 is 0.417 bits per heavy atom. The van der Waals surface area contributed by atoms with E-state index in [4.69, 9.17) is 29.0 Å². The second-order valence-corrected chi connectivity index (χ2v) is 19.3. The van der Waals surface area contributed by atoms with Crippen molar-refractivity contribution >= 4 is 30.6 Å². The van der Waals surface area contributed by atoms with Crippen LogP contribution in [0, 0.1) is 0 Å². The fraction of sp³-hybridized carbons (Fsp3) is 0.857. The van der Waals surface area contributed by atoms with Crippen molar-refractivity contribution in [2.75, 3.05) is 0 Å². The number of hydrogen-bond acceptors (Lipinski definition) is 4. The third-order valence-corrected chi connectivity index (χ3v) is 10.8. The zero-order chi connectivity index (χ0) is 34.1. The number of hydrogen-bond donors (Lipinski definition) is 0. The van der Waals surface area contributed by atoms with Crippen LogP contribution in [0.25, 0.3) is 0 Å². The van der Waals surface area contributed by atoms with Crippen molar-refractivity contribution in [3.05, 3.63) is 29.3 Å². The van der Waals surface area contributed by atoms with Crippen molar-refractivity contribution in [1.82, 2.24) is 0 Å². The van der Waals surface area contributed by atoms with E-state index in [1.165, 1.54) is 217 Å². The van der Waals surface area contributed by atoms with Gasteiger partial charge in [0.2, 0.25) is 0 Å². The average Bonchev–Trinajstić information content (AvgIpc) is 3.03. The van der Waals surface area contributed by atoms with Crippen LogP contribution in [0.4, 0.5) is 0 Å². The summed E-state index contributed by atoms with van der Waals surface area (Å²) in [7, 11) is 0. The van der Waals surface area contributed by atoms with E-state index in [2.05, 4.69) is 19.9 Å². The summed E-state index contributed by atoms with van der Waals surface area (Å²) < 4.78 is 5.53. The normalized spacial score (nSPS) is 11.6. The molecule has 0 saturated heterocycles. The van der Waals surface area contributed by atoms with Crippen molar-refractivity contribution in [2.24, 2.45) is 0 Å². The molecule has 0 heterocycles. The summed E-state index contributed by atoms with van der Waals surface area (Å²) in [6, 6.07) is 6.38. The first-order valence-electron chi connectivity index (χ1n) is 20.8. The van der Waals surface area contributed by atoms with E-state index < -0.39 is 6.12 Å². The Labute approximate surface area is 324 Å². The van der Waals surface area contributed by atoms with Crippen LogP contribution in [0.15, 0.2) is 18.2 Å². The zero-order valence-corrected chi connectivity index (χ0v) is 37.6. The van der Waals surface area contributed by atoms with Crippen molar-refractivity contribution in [1.29, 1.82) is 0 Å². The molecule has 6 heteroatoms. The minimum Gasteiger partial charge on any atom is -0.682 e. The maximum Gasteiger partial charge on any atom is 2.00 e. The summed E-state index contributed by atoms with van der Waals surface area (Å²) in [5, 5.41) is 0. The van der Waals surface area contributed by atoms with Crippen LogP contribution in [0.1, 0.15) is 230 Å². The van der Waals surface area contributed by atoms with Crippen molar-refractivity contribution in [3.8, 4) is 5.75 Å². The first-order valence-corrected chi connectivity index (χ1v) is 24.4. The van der Waals surface area contributed by atoms with Crippen LogP contribution in [-0.2, 0) is 56.8 Å². The summed E-state index contributed by atoms with van der Waals surface area (Å²) in [5.41, 5.74) is 2.55. The largest absolute Gasteiger partial charge is 2.00 e. The van der Waals surface area contributed by atoms with Crippen molar-refractivity contribution in [3.63, 3.8) is 0 Å². The van der Waals surface area contributed by atoms with Gasteiger partial charge in [-0.05, 0) is 48.9 Å². The maximum atomic E-state index is 12.0. The third kappa shape index (κ3) is 33.9. The molecule has 1 rings (SSSR count). The SMILES string of the molecule is CCCCCCCCCCCCCCCCCCc1cc(CCCCCCCCCCCCCCCCCC)cc(O[P+]([O-])([S-])[S-])c1.[Zn+2]. The van der Waals surface area contributed by atoms with Gasteiger partial charge in [0.1, 0.15) is 0 Å². The Hall–Kier alpha value is 0.733. The molecule has 0 aliphatic rings. The minimum absolute atomic E-state index is 0. The van der Waals surface area contributed by atoms with Gasteiger partial charge >= 0.3 is 19.5 Å². The molecule has 0 spiro atoms. The van der Waals surface area contributed by atoms with E-state index in [1.54, 1.807) is 0 Å². The molecule has 0 amide bonds. The van der Waals surface area contributed by atoms with Crippen LogP contribution in [-0.4, -0.2) is 0 Å². The Kier molecular flexibility index (Phi) is 36.7. The van der Waals surface area contributed by atoms with Crippen LogP contribution in [0.5, 0.6) is 5.75 Å². The molecule has 2 nitrogen and oxygen atoms in total. The monoisotopic (exact) mass is 772 g/mol. The van der Waals surface area contributed by atoms with Crippen molar-refractivity contribution in [2.45, 2.75) is 232 Å². The van der Waals surface area contributed by atoms with Crippen LogP contribution >= 0.6 is 6.12 Å². The summed E-state index contributed by atoms with van der Waals surface area (Å²) in [4.78, 5) is 12.0. The summed E-state index contributed by atoms with van der Waals surface area (Å²) >= 11 is 9.84. The van der Waals surface area contributed by atoms with Gasteiger partial charge in [-0.25, -0.2) is 0 Å². The first-order chi connectivity index (χ1) is 22.9. The third-order valence-electron chi connectivity index (χ3n) is 9.88. The van der Waals surface area contributed by atoms with E-state index in [1.807, 2.05) is 12.1 Å². The van der Waals surface area contributed by atoms with Crippen LogP contribution in [0.3, 0.4) is 0 Å². The second-order valence-electron chi connectivity index (χ2n) is 14.6. The second kappa shape index (κ2) is 36.1. The van der Waals surface area contributed by atoms with Crippen molar-refractivity contribution < 1.29 is 28.9 Å². The Morgan fingerprint density at radius 3 is 0.875 bits per heavy atom. The molecule has 0 N–H and O–H groups in total. The van der Waals surface area contributed by atoms with E-state index in [0.29, 0.717) is 5.75 Å². The molecule has 0 aliphatic carbocycles. The van der Waals surface area contributed by atoms with Gasteiger partial charge in [-0.1, -0.05) is 213 Å². The molecule has 0 bridgehead atoms. The van der Waals surface area contributed by atoms with Gasteiger partial charge < -0.3 is 33.9 Å². The molecule has 1 aromatic rings. The topological polar surface area (TPSA) is 32.3 Å². The van der Waals surface area contributed by atoms with E-state index >= 15 is 0 Å². The smallest absolute Gasteiger partial charge is 0.682 e.